The Hall–Kier alpha value is 0.0800. The van der Waals surface area contributed by atoms with Gasteiger partial charge >= 0.3 is 0 Å². The van der Waals surface area contributed by atoms with Gasteiger partial charge in [0.25, 0.3) is 0 Å². The largest absolute Gasteiger partial charge is 0.236 e. The Kier molecular flexibility index (Phi) is 2.62. The predicted molar refractivity (Wildman–Crippen MR) is 50.6 cm³/mol. The van der Waals surface area contributed by atoms with Gasteiger partial charge in [-0.15, -0.1) is 4.68 Å². The first-order valence-corrected chi connectivity index (χ1v) is 4.57. The smallest absolute Gasteiger partial charge is 0.156 e. The standard InChI is InChI=1S/C7H10Cl3N2/c1-5-4-11(2)12(3)6(5)7(8,9)10/h4H,1-3H3/q+1. The van der Waals surface area contributed by atoms with Crippen LogP contribution in [0.3, 0.4) is 0 Å². The van der Waals surface area contributed by atoms with Gasteiger partial charge in [0.2, 0.25) is 3.79 Å². The molecule has 12 heavy (non-hydrogen) atoms. The first-order chi connectivity index (χ1) is 5.34. The number of halogens is 3. The van der Waals surface area contributed by atoms with E-state index in [2.05, 4.69) is 0 Å². The van der Waals surface area contributed by atoms with Crippen molar-refractivity contribution < 1.29 is 4.68 Å². The molecular formula is C7H10Cl3N2+. The third-order valence-corrected chi connectivity index (χ3v) is 2.36. The maximum Gasteiger partial charge on any atom is 0.236 e. The second-order valence-electron chi connectivity index (χ2n) is 2.76. The van der Waals surface area contributed by atoms with Crippen molar-refractivity contribution in [3.63, 3.8) is 0 Å². The van der Waals surface area contributed by atoms with Crippen molar-refractivity contribution in [3.05, 3.63) is 17.5 Å². The van der Waals surface area contributed by atoms with Gasteiger partial charge in [-0.2, -0.15) is 4.68 Å². The lowest BCUT2D eigenvalue weighted by Crippen LogP contribution is -2.38. The molecule has 0 atom stereocenters. The molecule has 0 aromatic carbocycles. The molecule has 0 N–H and O–H groups in total. The Bertz CT molecular complexity index is 298. The van der Waals surface area contributed by atoms with Crippen LogP contribution >= 0.6 is 34.8 Å². The molecule has 0 radical (unpaired) electrons. The highest BCUT2D eigenvalue weighted by Crippen LogP contribution is 2.38. The van der Waals surface area contributed by atoms with Crippen LogP contribution in [0.5, 0.6) is 0 Å². The van der Waals surface area contributed by atoms with Gasteiger partial charge in [-0.25, -0.2) is 0 Å². The summed E-state index contributed by atoms with van der Waals surface area (Å²) in [5.41, 5.74) is 1.68. The summed E-state index contributed by atoms with van der Waals surface area (Å²) in [6.45, 7) is 1.91. The van der Waals surface area contributed by atoms with Gasteiger partial charge < -0.3 is 0 Å². The molecule has 0 amide bonds. The summed E-state index contributed by atoms with van der Waals surface area (Å²) in [7, 11) is 3.75. The highest BCUT2D eigenvalue weighted by atomic mass is 35.6. The van der Waals surface area contributed by atoms with Crippen LogP contribution in [0.1, 0.15) is 11.3 Å². The topological polar surface area (TPSA) is 8.81 Å². The highest BCUT2D eigenvalue weighted by molar-refractivity contribution is 6.66. The van der Waals surface area contributed by atoms with Crippen molar-refractivity contribution >= 4 is 34.8 Å². The summed E-state index contributed by atoms with van der Waals surface area (Å²) >= 11 is 17.3. The minimum absolute atomic E-state index is 0.704. The Morgan fingerprint density at radius 3 is 2.08 bits per heavy atom. The Balaban J connectivity index is 3.32. The van der Waals surface area contributed by atoms with Crippen molar-refractivity contribution in [2.45, 2.75) is 10.7 Å². The van der Waals surface area contributed by atoms with Crippen LogP contribution in [-0.2, 0) is 17.9 Å². The van der Waals surface area contributed by atoms with E-state index in [9.17, 15) is 0 Å². The summed E-state index contributed by atoms with van der Waals surface area (Å²) < 4.78 is 2.33. The van der Waals surface area contributed by atoms with Crippen molar-refractivity contribution in [2.75, 3.05) is 0 Å². The fourth-order valence-electron chi connectivity index (χ4n) is 1.25. The first-order valence-electron chi connectivity index (χ1n) is 3.43. The van der Waals surface area contributed by atoms with E-state index in [1.54, 1.807) is 0 Å². The van der Waals surface area contributed by atoms with E-state index in [0.29, 0.717) is 5.69 Å². The molecule has 0 bridgehead atoms. The molecule has 0 spiro atoms. The fraction of sp³-hybridized carbons (Fsp3) is 0.571. The van der Waals surface area contributed by atoms with Crippen molar-refractivity contribution in [1.29, 1.82) is 0 Å². The molecule has 0 fully saturated rings. The van der Waals surface area contributed by atoms with Gasteiger partial charge in [0, 0.05) is 5.56 Å². The lowest BCUT2D eigenvalue weighted by molar-refractivity contribution is -0.751. The molecule has 1 aromatic heterocycles. The molecule has 0 saturated heterocycles. The van der Waals surface area contributed by atoms with Gasteiger partial charge in [0.1, 0.15) is 5.69 Å². The third kappa shape index (κ3) is 1.70. The van der Waals surface area contributed by atoms with Crippen molar-refractivity contribution in [1.82, 2.24) is 4.68 Å². The quantitative estimate of drug-likeness (QED) is 0.474. The first kappa shape index (κ1) is 10.2. The minimum atomic E-state index is -1.35. The summed E-state index contributed by atoms with van der Waals surface area (Å²) in [6, 6.07) is 0. The molecule has 0 unspecified atom stereocenters. The average Bonchev–Trinajstić information content (AvgIpc) is 2.05. The Morgan fingerprint density at radius 1 is 1.42 bits per heavy atom. The number of hydrogen-bond donors (Lipinski definition) is 0. The van der Waals surface area contributed by atoms with Gasteiger partial charge in [-0.05, 0) is 6.92 Å². The second kappa shape index (κ2) is 3.09. The predicted octanol–water partition coefficient (Wildman–Crippen LogP) is 1.98. The maximum atomic E-state index is 5.78. The van der Waals surface area contributed by atoms with Crippen LogP contribution in [0.4, 0.5) is 0 Å². The number of aryl methyl sites for hydroxylation is 2. The SMILES string of the molecule is Cc1c[n+](C)n(C)c1C(Cl)(Cl)Cl. The monoisotopic (exact) mass is 227 g/mol. The molecule has 0 aliphatic carbocycles. The van der Waals surface area contributed by atoms with E-state index in [1.165, 1.54) is 0 Å². The molecular weight excluding hydrogens is 218 g/mol. The van der Waals surface area contributed by atoms with Crippen LogP contribution < -0.4 is 4.68 Å². The van der Waals surface area contributed by atoms with E-state index < -0.39 is 3.79 Å². The highest BCUT2D eigenvalue weighted by Gasteiger charge is 2.32. The number of hydrogen-bond acceptors (Lipinski definition) is 0. The van der Waals surface area contributed by atoms with Crippen LogP contribution in [0.15, 0.2) is 6.20 Å². The molecule has 68 valence electrons. The van der Waals surface area contributed by atoms with Crippen molar-refractivity contribution in [2.24, 2.45) is 14.1 Å². The second-order valence-corrected chi connectivity index (χ2v) is 5.04. The van der Waals surface area contributed by atoms with Gasteiger partial charge in [-0.3, -0.25) is 0 Å². The average molecular weight is 229 g/mol. The maximum absolute atomic E-state index is 5.78. The normalized spacial score (nSPS) is 12.2. The lowest BCUT2D eigenvalue weighted by Gasteiger charge is -2.09. The van der Waals surface area contributed by atoms with Crippen LogP contribution in [0.2, 0.25) is 0 Å². The van der Waals surface area contributed by atoms with Crippen LogP contribution in [0, 0.1) is 6.92 Å². The number of alkyl halides is 3. The molecule has 1 heterocycles. The van der Waals surface area contributed by atoms with E-state index in [1.807, 2.05) is 36.6 Å². The zero-order chi connectivity index (χ0) is 9.52. The van der Waals surface area contributed by atoms with E-state index >= 15 is 0 Å². The summed E-state index contributed by atoms with van der Waals surface area (Å²) in [5, 5.41) is 0. The van der Waals surface area contributed by atoms with Gasteiger partial charge in [0.05, 0.1) is 7.05 Å². The third-order valence-electron chi connectivity index (χ3n) is 1.82. The molecule has 0 saturated carbocycles. The van der Waals surface area contributed by atoms with Crippen LogP contribution in [-0.4, -0.2) is 4.68 Å². The Morgan fingerprint density at radius 2 is 1.92 bits per heavy atom. The number of nitrogens with zero attached hydrogens (tertiary/aromatic N) is 2. The molecule has 1 aromatic rings. The summed E-state index contributed by atoms with van der Waals surface area (Å²) in [6.07, 6.45) is 1.91. The van der Waals surface area contributed by atoms with Crippen molar-refractivity contribution in [3.8, 4) is 0 Å². The lowest BCUT2D eigenvalue weighted by atomic mass is 10.3. The van der Waals surface area contributed by atoms with Crippen LogP contribution in [0.25, 0.3) is 0 Å². The van der Waals surface area contributed by atoms with E-state index in [4.69, 9.17) is 34.8 Å². The molecule has 0 aliphatic heterocycles. The minimum Gasteiger partial charge on any atom is -0.156 e. The molecule has 0 aliphatic rings. The molecule has 2 nitrogen and oxygen atoms in total. The fourth-order valence-corrected chi connectivity index (χ4v) is 2.06. The summed E-state index contributed by atoms with van der Waals surface area (Å²) in [5.74, 6) is 0. The van der Waals surface area contributed by atoms with Gasteiger partial charge in [0.15, 0.2) is 13.2 Å². The zero-order valence-electron chi connectivity index (χ0n) is 7.11. The zero-order valence-corrected chi connectivity index (χ0v) is 9.37. The number of rotatable bonds is 0. The Labute approximate surface area is 86.6 Å². The van der Waals surface area contributed by atoms with E-state index in [0.717, 1.165) is 5.56 Å². The van der Waals surface area contributed by atoms with Gasteiger partial charge in [-0.1, -0.05) is 34.8 Å². The number of aromatic nitrogens is 2. The molecule has 5 heteroatoms. The molecule has 1 rings (SSSR count). The summed E-state index contributed by atoms with van der Waals surface area (Å²) in [4.78, 5) is 0. The van der Waals surface area contributed by atoms with E-state index in [-0.39, 0.29) is 0 Å².